The summed E-state index contributed by atoms with van der Waals surface area (Å²) in [5.74, 6) is 0.456. The Kier molecular flexibility index (Phi) is 6.16. The second-order valence-corrected chi connectivity index (χ2v) is 8.35. The second-order valence-electron chi connectivity index (χ2n) is 8.35. The summed E-state index contributed by atoms with van der Waals surface area (Å²) in [6, 6.07) is 11.6. The molecule has 2 aromatic rings. The minimum absolute atomic E-state index is 0.0217. The van der Waals surface area contributed by atoms with Gasteiger partial charge in [0.15, 0.2) is 11.5 Å². The third kappa shape index (κ3) is 4.24. The summed E-state index contributed by atoms with van der Waals surface area (Å²) in [5, 5.41) is 9.58. The van der Waals surface area contributed by atoms with E-state index in [1.165, 1.54) is 11.1 Å². The van der Waals surface area contributed by atoms with Crippen LogP contribution in [0.4, 0.5) is 0 Å². The Labute approximate surface area is 182 Å². The van der Waals surface area contributed by atoms with E-state index >= 15 is 0 Å². The Bertz CT molecular complexity index is 986. The molecule has 0 saturated carbocycles. The lowest BCUT2D eigenvalue weighted by Gasteiger charge is -2.38. The van der Waals surface area contributed by atoms with Crippen molar-refractivity contribution in [2.75, 3.05) is 20.8 Å². The summed E-state index contributed by atoms with van der Waals surface area (Å²) in [6.07, 6.45) is 4.07. The molecule has 0 spiro atoms. The number of hydrogen-bond donors (Lipinski definition) is 1. The zero-order valence-corrected chi connectivity index (χ0v) is 18.1. The molecule has 0 radical (unpaired) electrons. The van der Waals surface area contributed by atoms with E-state index in [2.05, 4.69) is 18.2 Å². The smallest absolute Gasteiger partial charge is 0.305 e. The molecule has 4 rings (SSSR count). The summed E-state index contributed by atoms with van der Waals surface area (Å²) in [7, 11) is 3.14. The van der Waals surface area contributed by atoms with E-state index < -0.39 is 12.0 Å². The first-order valence-corrected chi connectivity index (χ1v) is 10.9. The van der Waals surface area contributed by atoms with Crippen molar-refractivity contribution in [3.63, 3.8) is 0 Å². The van der Waals surface area contributed by atoms with E-state index in [1.807, 2.05) is 18.2 Å². The topological polar surface area (TPSA) is 76.1 Å². The van der Waals surface area contributed by atoms with Crippen LogP contribution in [0.15, 0.2) is 36.4 Å². The molecule has 0 fully saturated rings. The number of aryl methyl sites for hydroxylation is 1. The van der Waals surface area contributed by atoms with Crippen molar-refractivity contribution < 1.29 is 24.2 Å². The fourth-order valence-electron chi connectivity index (χ4n) is 5.11. The number of fused-ring (bicyclic) bond motifs is 2. The summed E-state index contributed by atoms with van der Waals surface area (Å²) < 4.78 is 10.8. The molecule has 164 valence electrons. The average Bonchev–Trinajstić information content (AvgIpc) is 2.78. The summed E-state index contributed by atoms with van der Waals surface area (Å²) in [6.45, 7) is 0.508. The van der Waals surface area contributed by atoms with Crippen LogP contribution in [0.1, 0.15) is 59.9 Å². The number of nitrogens with zero attached hydrogens (tertiary/aromatic N) is 1. The van der Waals surface area contributed by atoms with Gasteiger partial charge in [-0.1, -0.05) is 24.3 Å². The number of hydrogen-bond acceptors (Lipinski definition) is 4. The van der Waals surface area contributed by atoms with E-state index in [4.69, 9.17) is 9.47 Å². The van der Waals surface area contributed by atoms with Crippen LogP contribution in [0.3, 0.4) is 0 Å². The van der Waals surface area contributed by atoms with Crippen molar-refractivity contribution >= 4 is 11.9 Å². The van der Waals surface area contributed by atoms with E-state index in [1.54, 1.807) is 19.1 Å². The predicted molar refractivity (Wildman–Crippen MR) is 117 cm³/mol. The molecule has 2 aliphatic rings. The summed E-state index contributed by atoms with van der Waals surface area (Å²) >= 11 is 0. The first-order valence-electron chi connectivity index (χ1n) is 10.9. The Balaban J connectivity index is 1.62. The van der Waals surface area contributed by atoms with E-state index in [-0.39, 0.29) is 18.2 Å². The van der Waals surface area contributed by atoms with Gasteiger partial charge in [0, 0.05) is 13.0 Å². The van der Waals surface area contributed by atoms with Gasteiger partial charge in [-0.25, -0.2) is 0 Å². The lowest BCUT2D eigenvalue weighted by Crippen LogP contribution is -2.41. The Hall–Kier alpha value is -3.02. The van der Waals surface area contributed by atoms with Gasteiger partial charge in [0.25, 0.3) is 0 Å². The van der Waals surface area contributed by atoms with Crippen molar-refractivity contribution in [3.05, 3.63) is 58.7 Å². The monoisotopic (exact) mass is 423 g/mol. The quantitative estimate of drug-likeness (QED) is 0.757. The number of benzene rings is 2. The van der Waals surface area contributed by atoms with Crippen molar-refractivity contribution in [2.24, 2.45) is 0 Å². The van der Waals surface area contributed by atoms with Crippen LogP contribution in [0, 0.1) is 0 Å². The Morgan fingerprint density at radius 3 is 2.48 bits per heavy atom. The molecule has 6 heteroatoms. The van der Waals surface area contributed by atoms with Crippen molar-refractivity contribution in [2.45, 2.75) is 50.5 Å². The van der Waals surface area contributed by atoms with Crippen LogP contribution in [0.5, 0.6) is 11.5 Å². The average molecular weight is 424 g/mol. The molecule has 0 bridgehead atoms. The highest BCUT2D eigenvalue weighted by Gasteiger charge is 2.35. The zero-order valence-electron chi connectivity index (χ0n) is 18.1. The van der Waals surface area contributed by atoms with Gasteiger partial charge in [-0.15, -0.1) is 0 Å². The highest BCUT2D eigenvalue weighted by Crippen LogP contribution is 2.41. The van der Waals surface area contributed by atoms with E-state index in [0.29, 0.717) is 30.9 Å². The third-order valence-corrected chi connectivity index (χ3v) is 6.61. The first-order chi connectivity index (χ1) is 15.0. The highest BCUT2D eigenvalue weighted by molar-refractivity contribution is 5.79. The maximum Gasteiger partial charge on any atom is 0.305 e. The molecule has 1 aliphatic carbocycles. The molecule has 1 aliphatic heterocycles. The number of aliphatic carboxylic acids is 1. The summed E-state index contributed by atoms with van der Waals surface area (Å²) in [4.78, 5) is 26.9. The van der Waals surface area contributed by atoms with Crippen LogP contribution in [-0.4, -0.2) is 42.6 Å². The largest absolute Gasteiger partial charge is 0.493 e. The molecular formula is C25H29NO5. The van der Waals surface area contributed by atoms with Gasteiger partial charge < -0.3 is 19.5 Å². The number of ether oxygens (including phenoxy) is 2. The molecule has 2 atom stereocenters. The number of rotatable bonds is 6. The molecule has 1 heterocycles. The van der Waals surface area contributed by atoms with Crippen LogP contribution in [0.25, 0.3) is 0 Å². The van der Waals surface area contributed by atoms with Gasteiger partial charge in [-0.3, -0.25) is 9.59 Å². The molecule has 0 aromatic heterocycles. The van der Waals surface area contributed by atoms with Gasteiger partial charge in [0.05, 0.1) is 26.7 Å². The molecule has 6 nitrogen and oxygen atoms in total. The van der Waals surface area contributed by atoms with Gasteiger partial charge in [-0.05, 0) is 66.0 Å². The first kappa shape index (κ1) is 21.2. The molecule has 2 unspecified atom stereocenters. The molecular weight excluding hydrogens is 394 g/mol. The maximum absolute atomic E-state index is 13.4. The van der Waals surface area contributed by atoms with Gasteiger partial charge in [-0.2, -0.15) is 0 Å². The van der Waals surface area contributed by atoms with E-state index in [0.717, 1.165) is 30.4 Å². The molecule has 2 aromatic carbocycles. The Morgan fingerprint density at radius 1 is 1.00 bits per heavy atom. The number of carboxylic acid groups (broad SMARTS) is 1. The second kappa shape index (κ2) is 9.00. The lowest BCUT2D eigenvalue weighted by atomic mass is 9.80. The molecule has 0 saturated heterocycles. The van der Waals surface area contributed by atoms with Gasteiger partial charge in [0.2, 0.25) is 5.91 Å². The zero-order chi connectivity index (χ0) is 22.0. The SMILES string of the molecule is COc1cc2c(cc1OC)C(CC(=O)O)N(C(=O)CC1CCCc3ccccc31)CC2. The van der Waals surface area contributed by atoms with Crippen molar-refractivity contribution in [3.8, 4) is 11.5 Å². The maximum atomic E-state index is 13.4. The lowest BCUT2D eigenvalue weighted by molar-refractivity contribution is -0.141. The third-order valence-electron chi connectivity index (χ3n) is 6.61. The highest BCUT2D eigenvalue weighted by atomic mass is 16.5. The van der Waals surface area contributed by atoms with Crippen LogP contribution in [-0.2, 0) is 22.4 Å². The summed E-state index contributed by atoms with van der Waals surface area (Å²) in [5.41, 5.74) is 4.44. The number of carboxylic acids is 1. The van der Waals surface area contributed by atoms with Gasteiger partial charge >= 0.3 is 5.97 Å². The number of carbonyl (C=O) groups is 2. The fraction of sp³-hybridized carbons (Fsp3) is 0.440. The van der Waals surface area contributed by atoms with Crippen molar-refractivity contribution in [1.82, 2.24) is 4.90 Å². The minimum Gasteiger partial charge on any atom is -0.493 e. The van der Waals surface area contributed by atoms with Gasteiger partial charge in [0.1, 0.15) is 0 Å². The van der Waals surface area contributed by atoms with Crippen LogP contribution >= 0.6 is 0 Å². The predicted octanol–water partition coefficient (Wildman–Crippen LogP) is 4.11. The van der Waals surface area contributed by atoms with Crippen molar-refractivity contribution in [1.29, 1.82) is 0 Å². The normalized spacial score (nSPS) is 19.9. The number of methoxy groups -OCH3 is 2. The molecule has 1 N–H and O–H groups in total. The minimum atomic E-state index is -0.923. The Morgan fingerprint density at radius 2 is 1.74 bits per heavy atom. The fourth-order valence-corrected chi connectivity index (χ4v) is 5.11. The number of amides is 1. The standard InChI is InChI=1S/C25H29NO5/c1-30-22-12-18-10-11-26(21(15-25(28)29)20(18)14-23(22)31-2)24(27)13-17-8-5-7-16-6-3-4-9-19(16)17/h3-4,6,9,12,14,17,21H,5,7-8,10-11,13,15H2,1-2H3,(H,28,29). The molecule has 31 heavy (non-hydrogen) atoms. The molecule has 1 amide bonds. The van der Waals surface area contributed by atoms with Crippen LogP contribution in [0.2, 0.25) is 0 Å². The number of carbonyl (C=O) groups excluding carboxylic acids is 1. The van der Waals surface area contributed by atoms with Crippen LogP contribution < -0.4 is 9.47 Å². The van der Waals surface area contributed by atoms with E-state index in [9.17, 15) is 14.7 Å².